The number of hydrogen-bond donors (Lipinski definition) is 1. The van der Waals surface area contributed by atoms with Crippen molar-refractivity contribution in [1.29, 1.82) is 0 Å². The van der Waals surface area contributed by atoms with Crippen LogP contribution in [0.25, 0.3) is 11.3 Å². The van der Waals surface area contributed by atoms with Crippen molar-refractivity contribution in [3.63, 3.8) is 0 Å². The van der Waals surface area contributed by atoms with E-state index in [1.54, 1.807) is 26.0 Å². The third-order valence-electron chi connectivity index (χ3n) is 3.91. The zero-order valence-corrected chi connectivity index (χ0v) is 15.3. The molecule has 1 amide bonds. The fraction of sp³-hybridized carbons (Fsp3) is 0.263. The standard InChI is InChI=1S/C19H20N4O4/c1-4-26-15-7-5-14(6-8-15)16-9-10-18(24)23(21-16)13(3)19(25)20-17-11-12(2)22-27-17/h5-11,13H,4H2,1-3H3,(H,20,25). The van der Waals surface area contributed by atoms with E-state index < -0.39 is 11.9 Å². The Bertz CT molecular complexity index is 991. The number of ether oxygens (including phenoxy) is 1. The van der Waals surface area contributed by atoms with Crippen LogP contribution in [0.1, 0.15) is 25.6 Å². The number of benzene rings is 1. The Morgan fingerprint density at radius 2 is 2.00 bits per heavy atom. The van der Waals surface area contributed by atoms with Crippen molar-refractivity contribution in [2.45, 2.75) is 26.8 Å². The summed E-state index contributed by atoms with van der Waals surface area (Å²) in [7, 11) is 0. The van der Waals surface area contributed by atoms with Gasteiger partial charge in [-0.2, -0.15) is 5.10 Å². The summed E-state index contributed by atoms with van der Waals surface area (Å²) in [5, 5.41) is 10.6. The average molecular weight is 368 g/mol. The van der Waals surface area contributed by atoms with Crippen LogP contribution >= 0.6 is 0 Å². The molecule has 0 aliphatic heterocycles. The molecule has 0 saturated carbocycles. The van der Waals surface area contributed by atoms with Gasteiger partial charge in [-0.1, -0.05) is 5.16 Å². The van der Waals surface area contributed by atoms with Crippen LogP contribution in [0.3, 0.4) is 0 Å². The van der Waals surface area contributed by atoms with E-state index in [1.807, 2.05) is 31.2 Å². The Balaban J connectivity index is 1.83. The van der Waals surface area contributed by atoms with Crippen molar-refractivity contribution in [3.8, 4) is 17.0 Å². The summed E-state index contributed by atoms with van der Waals surface area (Å²) < 4.78 is 11.5. The number of carbonyl (C=O) groups is 1. The summed E-state index contributed by atoms with van der Waals surface area (Å²) in [5.41, 5.74) is 1.66. The molecule has 3 rings (SSSR count). The first-order valence-corrected chi connectivity index (χ1v) is 8.55. The van der Waals surface area contributed by atoms with Gasteiger partial charge < -0.3 is 9.26 Å². The Hall–Kier alpha value is -3.42. The van der Waals surface area contributed by atoms with E-state index in [4.69, 9.17) is 9.26 Å². The highest BCUT2D eigenvalue weighted by atomic mass is 16.5. The molecule has 1 atom stereocenters. The zero-order chi connectivity index (χ0) is 19.4. The lowest BCUT2D eigenvalue weighted by Crippen LogP contribution is -2.33. The number of rotatable bonds is 6. The van der Waals surface area contributed by atoms with Crippen molar-refractivity contribution in [2.75, 3.05) is 11.9 Å². The maximum absolute atomic E-state index is 12.4. The van der Waals surface area contributed by atoms with Crippen LogP contribution in [0.4, 0.5) is 5.88 Å². The molecule has 0 aliphatic carbocycles. The molecule has 0 saturated heterocycles. The molecule has 0 fully saturated rings. The molecule has 0 bridgehead atoms. The molecule has 3 aromatic rings. The molecule has 140 valence electrons. The summed E-state index contributed by atoms with van der Waals surface area (Å²) in [6.45, 7) is 5.83. The van der Waals surface area contributed by atoms with Gasteiger partial charge in [-0.15, -0.1) is 0 Å². The van der Waals surface area contributed by atoms with Crippen molar-refractivity contribution in [3.05, 3.63) is 58.5 Å². The second-order valence-corrected chi connectivity index (χ2v) is 5.96. The highest BCUT2D eigenvalue weighted by Gasteiger charge is 2.19. The predicted molar refractivity (Wildman–Crippen MR) is 99.7 cm³/mol. The number of aryl methyl sites for hydroxylation is 1. The lowest BCUT2D eigenvalue weighted by molar-refractivity contribution is -0.119. The number of carbonyl (C=O) groups excluding carboxylic acids is 1. The van der Waals surface area contributed by atoms with Crippen LogP contribution in [-0.4, -0.2) is 27.5 Å². The zero-order valence-electron chi connectivity index (χ0n) is 15.3. The molecule has 0 spiro atoms. The Morgan fingerprint density at radius 3 is 2.63 bits per heavy atom. The maximum Gasteiger partial charge on any atom is 0.267 e. The lowest BCUT2D eigenvalue weighted by Gasteiger charge is -2.14. The molecular formula is C19H20N4O4. The van der Waals surface area contributed by atoms with Gasteiger partial charge in [0.15, 0.2) is 0 Å². The van der Waals surface area contributed by atoms with Gasteiger partial charge in [0.1, 0.15) is 11.8 Å². The first-order valence-electron chi connectivity index (χ1n) is 8.55. The van der Waals surface area contributed by atoms with E-state index in [0.717, 1.165) is 16.0 Å². The highest BCUT2D eigenvalue weighted by Crippen LogP contribution is 2.20. The first kappa shape index (κ1) is 18.4. The van der Waals surface area contributed by atoms with Gasteiger partial charge in [0, 0.05) is 17.7 Å². The quantitative estimate of drug-likeness (QED) is 0.718. The van der Waals surface area contributed by atoms with Crippen LogP contribution in [0, 0.1) is 6.92 Å². The van der Waals surface area contributed by atoms with Crippen LogP contribution in [-0.2, 0) is 4.79 Å². The molecule has 2 heterocycles. The SMILES string of the molecule is CCOc1ccc(-c2ccc(=O)n(C(C)C(=O)Nc3cc(C)no3)n2)cc1. The van der Waals surface area contributed by atoms with Crippen molar-refractivity contribution in [1.82, 2.24) is 14.9 Å². The Morgan fingerprint density at radius 1 is 1.26 bits per heavy atom. The van der Waals surface area contributed by atoms with Gasteiger partial charge in [-0.25, -0.2) is 4.68 Å². The molecule has 1 N–H and O–H groups in total. The van der Waals surface area contributed by atoms with Gasteiger partial charge >= 0.3 is 0 Å². The van der Waals surface area contributed by atoms with E-state index in [2.05, 4.69) is 15.6 Å². The lowest BCUT2D eigenvalue weighted by atomic mass is 10.1. The number of hydrogen-bond acceptors (Lipinski definition) is 6. The molecule has 1 aromatic carbocycles. The topological polar surface area (TPSA) is 99.2 Å². The monoisotopic (exact) mass is 368 g/mol. The summed E-state index contributed by atoms with van der Waals surface area (Å²) in [4.78, 5) is 24.6. The first-order chi connectivity index (χ1) is 13.0. The van der Waals surface area contributed by atoms with Crippen molar-refractivity contribution < 1.29 is 14.1 Å². The minimum atomic E-state index is -0.828. The predicted octanol–water partition coefficient (Wildman–Crippen LogP) is 2.81. The molecule has 27 heavy (non-hydrogen) atoms. The Labute approximate surface area is 155 Å². The largest absolute Gasteiger partial charge is 0.494 e. The summed E-state index contributed by atoms with van der Waals surface area (Å²) in [6, 6.07) is 11.1. The fourth-order valence-electron chi connectivity index (χ4n) is 2.50. The third-order valence-corrected chi connectivity index (χ3v) is 3.91. The smallest absolute Gasteiger partial charge is 0.267 e. The van der Waals surface area contributed by atoms with Crippen LogP contribution in [0.2, 0.25) is 0 Å². The Kier molecular flexibility index (Phi) is 5.35. The van der Waals surface area contributed by atoms with Crippen LogP contribution in [0.5, 0.6) is 5.75 Å². The summed E-state index contributed by atoms with van der Waals surface area (Å²) in [5.74, 6) is 0.550. The molecular weight excluding hydrogens is 348 g/mol. The summed E-state index contributed by atoms with van der Waals surface area (Å²) in [6.07, 6.45) is 0. The second-order valence-electron chi connectivity index (χ2n) is 5.96. The van der Waals surface area contributed by atoms with E-state index in [9.17, 15) is 9.59 Å². The number of aromatic nitrogens is 3. The third kappa shape index (κ3) is 4.22. The number of anilines is 1. The number of amides is 1. The van der Waals surface area contributed by atoms with Gasteiger partial charge in [-0.05, 0) is 51.1 Å². The molecule has 2 aromatic heterocycles. The number of nitrogens with one attached hydrogen (secondary N) is 1. The van der Waals surface area contributed by atoms with Crippen molar-refractivity contribution in [2.24, 2.45) is 0 Å². The normalized spacial score (nSPS) is 11.8. The van der Waals surface area contributed by atoms with Crippen LogP contribution in [0.15, 0.2) is 51.8 Å². The molecule has 1 unspecified atom stereocenters. The number of nitrogens with zero attached hydrogens (tertiary/aromatic N) is 3. The molecule has 8 nitrogen and oxygen atoms in total. The second kappa shape index (κ2) is 7.86. The van der Waals surface area contributed by atoms with E-state index in [1.165, 1.54) is 6.07 Å². The van der Waals surface area contributed by atoms with Gasteiger partial charge in [0.05, 0.1) is 18.0 Å². The fourth-order valence-corrected chi connectivity index (χ4v) is 2.50. The van der Waals surface area contributed by atoms with E-state index >= 15 is 0 Å². The summed E-state index contributed by atoms with van der Waals surface area (Å²) >= 11 is 0. The van der Waals surface area contributed by atoms with E-state index in [0.29, 0.717) is 18.0 Å². The average Bonchev–Trinajstić information content (AvgIpc) is 3.07. The van der Waals surface area contributed by atoms with Crippen LogP contribution < -0.4 is 15.6 Å². The van der Waals surface area contributed by atoms with Gasteiger partial charge in [0.2, 0.25) is 5.88 Å². The molecule has 8 heteroatoms. The van der Waals surface area contributed by atoms with E-state index in [-0.39, 0.29) is 11.4 Å². The van der Waals surface area contributed by atoms with Gasteiger partial charge in [-0.3, -0.25) is 14.9 Å². The highest BCUT2D eigenvalue weighted by molar-refractivity contribution is 5.92. The minimum Gasteiger partial charge on any atom is -0.494 e. The minimum absolute atomic E-state index is 0.222. The molecule has 0 radical (unpaired) electrons. The molecule has 0 aliphatic rings. The van der Waals surface area contributed by atoms with Gasteiger partial charge in [0.25, 0.3) is 11.5 Å². The van der Waals surface area contributed by atoms with Crippen molar-refractivity contribution >= 4 is 11.8 Å². The maximum atomic E-state index is 12.4.